The molecule has 0 aromatic rings. The number of Topliss-reactive ketones (excluding diaryl/α,β-unsaturated/α-hetero) is 1. The van der Waals surface area contributed by atoms with Gasteiger partial charge in [-0.2, -0.15) is 0 Å². The van der Waals surface area contributed by atoms with E-state index in [1.165, 1.54) is 24.1 Å². The monoisotopic (exact) mass is 386 g/mol. The summed E-state index contributed by atoms with van der Waals surface area (Å²) in [7, 11) is 1.96. The number of hydrogen-bond donors (Lipinski definition) is 1. The number of hydrogen-bond acceptors (Lipinski definition) is 4. The van der Waals surface area contributed by atoms with Crippen LogP contribution in [0, 0.1) is 34.5 Å². The standard InChI is InChI=1S/C24H38N2O2/c1-16-14-17-15-18(26-28-13-5-12-25-4)8-10-23(17,2)20-9-11-24(3)19(22(16)20)6-7-21(24)27/h17,19-20,22,25H,1,5-15H2,2-4H3/t17?,19-,20-,22-,23-,24-/m0/s1. The van der Waals surface area contributed by atoms with Gasteiger partial charge in [0.15, 0.2) is 0 Å². The summed E-state index contributed by atoms with van der Waals surface area (Å²) in [6.45, 7) is 11.0. The van der Waals surface area contributed by atoms with Gasteiger partial charge in [0.2, 0.25) is 0 Å². The molecule has 4 fully saturated rings. The Bertz CT molecular complexity index is 672. The highest BCUT2D eigenvalue weighted by Gasteiger charge is 2.61. The molecule has 4 aliphatic rings. The van der Waals surface area contributed by atoms with Crippen LogP contribution in [0.5, 0.6) is 0 Å². The highest BCUT2D eigenvalue weighted by molar-refractivity contribution is 5.87. The van der Waals surface area contributed by atoms with Crippen LogP contribution in [0.15, 0.2) is 17.3 Å². The number of oxime groups is 1. The lowest BCUT2D eigenvalue weighted by Gasteiger charge is -2.60. The number of carbonyl (C=O) groups is 1. The van der Waals surface area contributed by atoms with E-state index in [2.05, 4.69) is 30.9 Å². The molecule has 156 valence electrons. The lowest BCUT2D eigenvalue weighted by Crippen LogP contribution is -2.54. The summed E-state index contributed by atoms with van der Waals surface area (Å²) in [6.07, 6.45) is 9.60. The molecule has 28 heavy (non-hydrogen) atoms. The Balaban J connectivity index is 1.47. The van der Waals surface area contributed by atoms with E-state index >= 15 is 0 Å². The van der Waals surface area contributed by atoms with Gasteiger partial charge in [0.1, 0.15) is 12.4 Å². The molecule has 4 rings (SSSR count). The molecule has 0 radical (unpaired) electrons. The second-order valence-corrected chi connectivity index (χ2v) is 10.4. The molecule has 4 saturated carbocycles. The van der Waals surface area contributed by atoms with Gasteiger partial charge < -0.3 is 10.2 Å². The first-order valence-electron chi connectivity index (χ1n) is 11.4. The first-order chi connectivity index (χ1) is 13.4. The van der Waals surface area contributed by atoms with E-state index in [9.17, 15) is 4.79 Å². The largest absolute Gasteiger partial charge is 0.396 e. The van der Waals surface area contributed by atoms with Gasteiger partial charge in [0, 0.05) is 11.8 Å². The van der Waals surface area contributed by atoms with Crippen molar-refractivity contribution < 1.29 is 9.63 Å². The summed E-state index contributed by atoms with van der Waals surface area (Å²) in [5.74, 6) is 2.94. The Morgan fingerprint density at radius 3 is 2.79 bits per heavy atom. The van der Waals surface area contributed by atoms with E-state index in [0.717, 1.165) is 51.5 Å². The number of rotatable bonds is 5. The molecule has 4 heteroatoms. The van der Waals surface area contributed by atoms with Crippen LogP contribution in [-0.2, 0) is 9.63 Å². The molecule has 6 atom stereocenters. The van der Waals surface area contributed by atoms with Crippen LogP contribution < -0.4 is 5.32 Å². The van der Waals surface area contributed by atoms with E-state index in [0.29, 0.717) is 41.5 Å². The van der Waals surface area contributed by atoms with Crippen LogP contribution in [-0.4, -0.2) is 31.7 Å². The molecule has 0 aliphatic heterocycles. The fourth-order valence-electron chi connectivity index (χ4n) is 7.24. The molecule has 1 N–H and O–H groups in total. The van der Waals surface area contributed by atoms with Crippen LogP contribution in [0.25, 0.3) is 0 Å². The molecule has 4 nitrogen and oxygen atoms in total. The van der Waals surface area contributed by atoms with Gasteiger partial charge in [0.05, 0.1) is 5.71 Å². The molecule has 0 heterocycles. The minimum Gasteiger partial charge on any atom is -0.396 e. The number of carbonyl (C=O) groups excluding carboxylic acids is 1. The van der Waals surface area contributed by atoms with Crippen molar-refractivity contribution in [3.63, 3.8) is 0 Å². The maximum atomic E-state index is 12.6. The predicted octanol–water partition coefficient (Wildman–Crippen LogP) is 4.75. The van der Waals surface area contributed by atoms with Gasteiger partial charge >= 0.3 is 0 Å². The smallest absolute Gasteiger partial charge is 0.139 e. The molecule has 0 bridgehead atoms. The van der Waals surface area contributed by atoms with Crippen molar-refractivity contribution in [2.45, 2.75) is 71.6 Å². The molecular formula is C24H38N2O2. The van der Waals surface area contributed by atoms with Crippen molar-refractivity contribution in [1.29, 1.82) is 0 Å². The highest BCUT2D eigenvalue weighted by atomic mass is 16.6. The maximum absolute atomic E-state index is 12.6. The van der Waals surface area contributed by atoms with Crippen LogP contribution >= 0.6 is 0 Å². The normalized spacial score (nSPS) is 44.2. The second-order valence-electron chi connectivity index (χ2n) is 10.4. The number of nitrogens with one attached hydrogen (secondary N) is 1. The third-order valence-corrected chi connectivity index (χ3v) is 9.03. The summed E-state index contributed by atoms with van der Waals surface area (Å²) in [4.78, 5) is 18.2. The van der Waals surface area contributed by atoms with Crippen LogP contribution in [0.2, 0.25) is 0 Å². The van der Waals surface area contributed by atoms with Gasteiger partial charge in [-0.3, -0.25) is 4.79 Å². The molecule has 0 aromatic heterocycles. The van der Waals surface area contributed by atoms with Crippen molar-refractivity contribution in [1.82, 2.24) is 5.32 Å². The average Bonchev–Trinajstić information content (AvgIpc) is 2.97. The van der Waals surface area contributed by atoms with Gasteiger partial charge in [-0.25, -0.2) is 0 Å². The van der Waals surface area contributed by atoms with Crippen molar-refractivity contribution in [2.24, 2.45) is 39.7 Å². The van der Waals surface area contributed by atoms with E-state index in [-0.39, 0.29) is 5.41 Å². The second kappa shape index (κ2) is 7.59. The fourth-order valence-corrected chi connectivity index (χ4v) is 7.24. The number of nitrogens with zero attached hydrogens (tertiary/aromatic N) is 1. The summed E-state index contributed by atoms with van der Waals surface area (Å²) >= 11 is 0. The van der Waals surface area contributed by atoms with E-state index in [1.54, 1.807) is 0 Å². The van der Waals surface area contributed by atoms with E-state index < -0.39 is 0 Å². The van der Waals surface area contributed by atoms with Gasteiger partial charge in [0.25, 0.3) is 0 Å². The van der Waals surface area contributed by atoms with Gasteiger partial charge in [-0.05, 0) is 94.0 Å². The molecule has 0 spiro atoms. The SMILES string of the molecule is C=C1CC2CC(=NOCCCNC)CC[C@]2(C)[C@H]2CC[C@]3(C)C(=O)CC[C@H]3[C@H]12. The van der Waals surface area contributed by atoms with Crippen LogP contribution in [0.3, 0.4) is 0 Å². The lowest BCUT2D eigenvalue weighted by atomic mass is 9.44. The first-order valence-corrected chi connectivity index (χ1v) is 11.4. The first kappa shape index (κ1) is 20.1. The van der Waals surface area contributed by atoms with Gasteiger partial charge in [-0.1, -0.05) is 31.2 Å². The van der Waals surface area contributed by atoms with Gasteiger partial charge in [-0.15, -0.1) is 0 Å². The lowest BCUT2D eigenvalue weighted by molar-refractivity contribution is -0.133. The zero-order valence-corrected chi connectivity index (χ0v) is 18.1. The summed E-state index contributed by atoms with van der Waals surface area (Å²) < 4.78 is 0. The zero-order chi connectivity index (χ0) is 19.9. The minimum absolute atomic E-state index is 0.0736. The third kappa shape index (κ3) is 3.16. The minimum atomic E-state index is -0.0736. The maximum Gasteiger partial charge on any atom is 0.139 e. The number of allylic oxidation sites excluding steroid dienone is 1. The highest BCUT2D eigenvalue weighted by Crippen LogP contribution is 2.66. The molecule has 0 amide bonds. The molecule has 0 saturated heterocycles. The zero-order valence-electron chi connectivity index (χ0n) is 18.1. The summed E-state index contributed by atoms with van der Waals surface area (Å²) in [6, 6.07) is 0. The Labute approximate surface area is 170 Å². The Kier molecular flexibility index (Phi) is 5.45. The summed E-state index contributed by atoms with van der Waals surface area (Å²) in [5.41, 5.74) is 2.96. The average molecular weight is 387 g/mol. The molecule has 4 aliphatic carbocycles. The number of fused-ring (bicyclic) bond motifs is 5. The molecular weight excluding hydrogens is 348 g/mol. The Morgan fingerprint density at radius 2 is 2.00 bits per heavy atom. The van der Waals surface area contributed by atoms with Crippen molar-refractivity contribution in [3.05, 3.63) is 12.2 Å². The quantitative estimate of drug-likeness (QED) is 0.421. The van der Waals surface area contributed by atoms with E-state index in [4.69, 9.17) is 4.84 Å². The Hall–Kier alpha value is -1.16. The number of ketones is 1. The van der Waals surface area contributed by atoms with Crippen molar-refractivity contribution in [3.8, 4) is 0 Å². The molecule has 1 unspecified atom stereocenters. The predicted molar refractivity (Wildman–Crippen MR) is 113 cm³/mol. The van der Waals surface area contributed by atoms with E-state index in [1.807, 2.05) is 7.05 Å². The van der Waals surface area contributed by atoms with Crippen molar-refractivity contribution >= 4 is 11.5 Å². The molecule has 0 aromatic carbocycles. The fraction of sp³-hybridized carbons (Fsp3) is 0.833. The Morgan fingerprint density at radius 1 is 1.18 bits per heavy atom. The van der Waals surface area contributed by atoms with Crippen molar-refractivity contribution in [2.75, 3.05) is 20.2 Å². The van der Waals surface area contributed by atoms with Crippen LogP contribution in [0.4, 0.5) is 0 Å². The topological polar surface area (TPSA) is 50.7 Å². The van der Waals surface area contributed by atoms with Crippen LogP contribution in [0.1, 0.15) is 71.6 Å². The summed E-state index contributed by atoms with van der Waals surface area (Å²) in [5, 5.41) is 7.64. The third-order valence-electron chi connectivity index (χ3n) is 9.03.